The summed E-state index contributed by atoms with van der Waals surface area (Å²) >= 11 is 3.47. The maximum atomic E-state index is 11.6. The molecular formula is C19H21BrO4. The van der Waals surface area contributed by atoms with Crippen molar-refractivity contribution in [3.05, 3.63) is 58.1 Å². The van der Waals surface area contributed by atoms with Crippen LogP contribution in [0.4, 0.5) is 0 Å². The van der Waals surface area contributed by atoms with Gasteiger partial charge in [0.15, 0.2) is 0 Å². The van der Waals surface area contributed by atoms with Gasteiger partial charge >= 0.3 is 5.97 Å². The summed E-state index contributed by atoms with van der Waals surface area (Å²) in [5.74, 6) is 0.108. The first kappa shape index (κ1) is 18.3. The van der Waals surface area contributed by atoms with E-state index in [1.807, 2.05) is 12.1 Å². The Kier molecular flexibility index (Phi) is 5.54. The fraction of sp³-hybridized carbons (Fsp3) is 0.316. The van der Waals surface area contributed by atoms with Gasteiger partial charge in [-0.2, -0.15) is 0 Å². The Morgan fingerprint density at radius 1 is 1.12 bits per heavy atom. The average Bonchev–Trinajstić information content (AvgIpc) is 2.52. The predicted molar refractivity (Wildman–Crippen MR) is 96.8 cm³/mol. The fourth-order valence-corrected chi connectivity index (χ4v) is 2.70. The van der Waals surface area contributed by atoms with Crippen LogP contribution in [0.25, 0.3) is 0 Å². The van der Waals surface area contributed by atoms with E-state index in [1.165, 1.54) is 0 Å². The number of aliphatic carboxylic acids is 1. The van der Waals surface area contributed by atoms with Crippen LogP contribution in [0.1, 0.15) is 38.0 Å². The maximum Gasteiger partial charge on any atom is 0.349 e. The summed E-state index contributed by atoms with van der Waals surface area (Å²) in [5, 5.41) is 9.52. The minimum Gasteiger partial charge on any atom is -0.497 e. The third kappa shape index (κ3) is 4.29. The van der Waals surface area contributed by atoms with Gasteiger partial charge in [0.25, 0.3) is 0 Å². The Bertz CT molecular complexity index is 717. The Hall–Kier alpha value is -2.01. The highest BCUT2D eigenvalue weighted by atomic mass is 79.9. The molecule has 0 spiro atoms. The molecule has 2 aromatic rings. The van der Waals surface area contributed by atoms with E-state index < -0.39 is 12.1 Å². The van der Waals surface area contributed by atoms with Crippen molar-refractivity contribution in [3.63, 3.8) is 0 Å². The Morgan fingerprint density at radius 3 is 2.21 bits per heavy atom. The molecule has 0 aromatic heterocycles. The van der Waals surface area contributed by atoms with Crippen molar-refractivity contribution in [1.29, 1.82) is 0 Å². The molecule has 1 atom stereocenters. The molecule has 24 heavy (non-hydrogen) atoms. The number of carboxylic acid groups (broad SMARTS) is 1. The Morgan fingerprint density at radius 2 is 1.75 bits per heavy atom. The summed E-state index contributed by atoms with van der Waals surface area (Å²) in [6.45, 7) is 6.35. The largest absolute Gasteiger partial charge is 0.497 e. The van der Waals surface area contributed by atoms with Gasteiger partial charge < -0.3 is 14.6 Å². The molecule has 128 valence electrons. The van der Waals surface area contributed by atoms with Crippen LogP contribution in [-0.4, -0.2) is 18.2 Å². The number of carbonyl (C=O) groups is 1. The van der Waals surface area contributed by atoms with E-state index in [4.69, 9.17) is 9.47 Å². The first-order chi connectivity index (χ1) is 11.2. The third-order valence-electron chi connectivity index (χ3n) is 3.69. The number of hydrogen-bond donors (Lipinski definition) is 1. The van der Waals surface area contributed by atoms with E-state index in [2.05, 4.69) is 36.7 Å². The number of methoxy groups -OCH3 is 1. The lowest BCUT2D eigenvalue weighted by Crippen LogP contribution is -2.18. The molecule has 0 bridgehead atoms. The lowest BCUT2D eigenvalue weighted by molar-refractivity contribution is -0.145. The maximum absolute atomic E-state index is 11.6. The van der Waals surface area contributed by atoms with E-state index in [1.54, 1.807) is 37.4 Å². The molecule has 0 heterocycles. The quantitative estimate of drug-likeness (QED) is 0.780. The predicted octanol–water partition coefficient (Wildman–Crippen LogP) is 4.96. The van der Waals surface area contributed by atoms with Gasteiger partial charge in [-0.05, 0) is 51.2 Å². The molecule has 4 nitrogen and oxygen atoms in total. The van der Waals surface area contributed by atoms with Crippen molar-refractivity contribution in [1.82, 2.24) is 0 Å². The topological polar surface area (TPSA) is 55.8 Å². The van der Waals surface area contributed by atoms with Crippen LogP contribution >= 0.6 is 15.9 Å². The van der Waals surface area contributed by atoms with Crippen LogP contribution in [0.2, 0.25) is 0 Å². The third-order valence-corrected chi connectivity index (χ3v) is 4.31. The number of rotatable bonds is 5. The summed E-state index contributed by atoms with van der Waals surface area (Å²) in [6.07, 6.45) is -1.09. The van der Waals surface area contributed by atoms with Crippen LogP contribution in [0, 0.1) is 0 Å². The number of carboxylic acids is 1. The molecule has 0 aliphatic heterocycles. The summed E-state index contributed by atoms with van der Waals surface area (Å²) in [6, 6.07) is 12.5. The molecular weight excluding hydrogens is 372 g/mol. The first-order valence-corrected chi connectivity index (χ1v) is 8.35. The van der Waals surface area contributed by atoms with E-state index in [0.717, 1.165) is 10.0 Å². The van der Waals surface area contributed by atoms with Crippen molar-refractivity contribution in [2.75, 3.05) is 7.11 Å². The van der Waals surface area contributed by atoms with E-state index >= 15 is 0 Å². The average molecular weight is 393 g/mol. The number of ether oxygens (including phenoxy) is 2. The molecule has 0 fully saturated rings. The monoisotopic (exact) mass is 392 g/mol. The summed E-state index contributed by atoms with van der Waals surface area (Å²) in [5.41, 5.74) is 1.69. The van der Waals surface area contributed by atoms with Crippen molar-refractivity contribution < 1.29 is 19.4 Å². The zero-order chi connectivity index (χ0) is 17.9. The van der Waals surface area contributed by atoms with E-state index in [0.29, 0.717) is 17.1 Å². The normalized spacial score (nSPS) is 12.5. The Balaban J connectivity index is 2.29. The molecule has 0 saturated heterocycles. The standard InChI is InChI=1S/C19H21BrO4/c1-19(2,3)13-7-10-16(15(20)11-13)24-17(18(21)22)12-5-8-14(23-4)9-6-12/h5-11,17H,1-4H3,(H,21,22). The van der Waals surface area contributed by atoms with Gasteiger partial charge in [-0.1, -0.05) is 39.0 Å². The van der Waals surface area contributed by atoms with Crippen molar-refractivity contribution in [2.45, 2.75) is 32.3 Å². The second kappa shape index (κ2) is 7.26. The smallest absolute Gasteiger partial charge is 0.349 e. The van der Waals surface area contributed by atoms with Gasteiger partial charge in [-0.15, -0.1) is 0 Å². The number of halogens is 1. The van der Waals surface area contributed by atoms with Crippen LogP contribution < -0.4 is 9.47 Å². The molecule has 2 rings (SSSR count). The van der Waals surface area contributed by atoms with Crippen LogP contribution in [0.15, 0.2) is 46.9 Å². The van der Waals surface area contributed by atoms with Crippen molar-refractivity contribution in [3.8, 4) is 11.5 Å². The lowest BCUT2D eigenvalue weighted by Gasteiger charge is -2.21. The van der Waals surface area contributed by atoms with Gasteiger partial charge in [0.2, 0.25) is 6.10 Å². The van der Waals surface area contributed by atoms with Crippen molar-refractivity contribution in [2.24, 2.45) is 0 Å². The zero-order valence-corrected chi connectivity index (χ0v) is 15.8. The minimum atomic E-state index is -1.09. The van der Waals surface area contributed by atoms with Crippen LogP contribution in [0.5, 0.6) is 11.5 Å². The second-order valence-electron chi connectivity index (χ2n) is 6.50. The van der Waals surface area contributed by atoms with Gasteiger partial charge in [-0.3, -0.25) is 0 Å². The molecule has 0 amide bonds. The fourth-order valence-electron chi connectivity index (χ4n) is 2.23. The Labute approximate surface area is 150 Å². The number of benzene rings is 2. The highest BCUT2D eigenvalue weighted by Crippen LogP contribution is 2.34. The van der Waals surface area contributed by atoms with E-state index in [9.17, 15) is 9.90 Å². The SMILES string of the molecule is COc1ccc(C(Oc2ccc(C(C)(C)C)cc2Br)C(=O)O)cc1. The zero-order valence-electron chi connectivity index (χ0n) is 14.2. The summed E-state index contributed by atoms with van der Waals surface area (Å²) in [4.78, 5) is 11.6. The first-order valence-electron chi connectivity index (χ1n) is 7.56. The van der Waals surface area contributed by atoms with Crippen LogP contribution in [-0.2, 0) is 10.2 Å². The molecule has 0 aliphatic rings. The second-order valence-corrected chi connectivity index (χ2v) is 7.36. The molecule has 5 heteroatoms. The molecule has 1 N–H and O–H groups in total. The minimum absolute atomic E-state index is 0.00321. The van der Waals surface area contributed by atoms with Crippen LogP contribution in [0.3, 0.4) is 0 Å². The highest BCUT2D eigenvalue weighted by molar-refractivity contribution is 9.10. The molecule has 0 radical (unpaired) electrons. The summed E-state index contributed by atoms with van der Waals surface area (Å²) in [7, 11) is 1.56. The molecule has 2 aromatic carbocycles. The molecule has 0 saturated carbocycles. The lowest BCUT2D eigenvalue weighted by atomic mass is 9.87. The molecule has 0 aliphatic carbocycles. The van der Waals surface area contributed by atoms with E-state index in [-0.39, 0.29) is 5.41 Å². The number of hydrogen-bond acceptors (Lipinski definition) is 3. The van der Waals surface area contributed by atoms with Gasteiger partial charge in [-0.25, -0.2) is 4.79 Å². The van der Waals surface area contributed by atoms with Gasteiger partial charge in [0.05, 0.1) is 11.6 Å². The highest BCUT2D eigenvalue weighted by Gasteiger charge is 2.24. The molecule has 1 unspecified atom stereocenters. The summed E-state index contributed by atoms with van der Waals surface area (Å²) < 4.78 is 11.6. The van der Waals surface area contributed by atoms with Gasteiger partial charge in [0, 0.05) is 5.56 Å². The van der Waals surface area contributed by atoms with Crippen molar-refractivity contribution >= 4 is 21.9 Å². The van der Waals surface area contributed by atoms with Gasteiger partial charge in [0.1, 0.15) is 11.5 Å².